The first-order valence-electron chi connectivity index (χ1n) is 7.41. The van der Waals surface area contributed by atoms with Crippen LogP contribution in [0.5, 0.6) is 0 Å². The van der Waals surface area contributed by atoms with Crippen molar-refractivity contribution >= 4 is 35.0 Å². The van der Waals surface area contributed by atoms with Gasteiger partial charge in [0.1, 0.15) is 5.69 Å². The van der Waals surface area contributed by atoms with Crippen LogP contribution in [0.3, 0.4) is 0 Å². The van der Waals surface area contributed by atoms with Crippen LogP contribution in [0.4, 0.5) is 0 Å². The molecule has 0 saturated heterocycles. The lowest BCUT2D eigenvalue weighted by molar-refractivity contribution is 0.684. The van der Waals surface area contributed by atoms with Gasteiger partial charge in [0, 0.05) is 34.2 Å². The van der Waals surface area contributed by atoms with Crippen molar-refractivity contribution in [2.24, 2.45) is 0 Å². The Kier molecular flexibility index (Phi) is 5.38. The molecule has 1 aromatic carbocycles. The molecule has 24 heavy (non-hydrogen) atoms. The van der Waals surface area contributed by atoms with Crippen LogP contribution in [0, 0.1) is 0 Å². The van der Waals surface area contributed by atoms with Gasteiger partial charge in [0.25, 0.3) is 0 Å². The third kappa shape index (κ3) is 3.55. The Morgan fingerprint density at radius 1 is 1.21 bits per heavy atom. The Balaban J connectivity index is 1.89. The summed E-state index contributed by atoms with van der Waals surface area (Å²) in [6.45, 7) is 4.87. The van der Waals surface area contributed by atoms with E-state index in [9.17, 15) is 0 Å². The van der Waals surface area contributed by atoms with E-state index in [1.165, 1.54) is 0 Å². The molecule has 3 aromatic rings. The molecule has 8 heteroatoms. The number of thioether (sulfide) groups is 1. The molecule has 0 aliphatic carbocycles. The summed E-state index contributed by atoms with van der Waals surface area (Å²) < 4.78 is 2.02. The predicted molar refractivity (Wildman–Crippen MR) is 97.5 cm³/mol. The predicted octanol–water partition coefficient (Wildman–Crippen LogP) is 4.92. The SMILES string of the molecule is CCn1c(SC(C)c2ccc(Cl)cc2Cl)nnc1-c1cnccn1. The van der Waals surface area contributed by atoms with Crippen molar-refractivity contribution in [1.82, 2.24) is 24.7 Å². The molecule has 3 rings (SSSR count). The Bertz CT molecular complexity index is 838. The van der Waals surface area contributed by atoms with Crippen LogP contribution in [0.2, 0.25) is 10.0 Å². The van der Waals surface area contributed by atoms with Gasteiger partial charge in [0.15, 0.2) is 11.0 Å². The fraction of sp³-hybridized carbons (Fsp3) is 0.250. The van der Waals surface area contributed by atoms with E-state index in [-0.39, 0.29) is 5.25 Å². The largest absolute Gasteiger partial charge is 0.301 e. The molecule has 0 fully saturated rings. The second-order valence-electron chi connectivity index (χ2n) is 5.07. The van der Waals surface area contributed by atoms with Gasteiger partial charge in [0.2, 0.25) is 0 Å². The first kappa shape index (κ1) is 17.2. The summed E-state index contributed by atoms with van der Waals surface area (Å²) >= 11 is 13.9. The van der Waals surface area contributed by atoms with Crippen LogP contribution in [-0.2, 0) is 6.54 Å². The molecule has 0 bridgehead atoms. The summed E-state index contributed by atoms with van der Waals surface area (Å²) in [7, 11) is 0. The number of rotatable bonds is 5. The van der Waals surface area contributed by atoms with Crippen molar-refractivity contribution < 1.29 is 0 Å². The minimum absolute atomic E-state index is 0.110. The summed E-state index contributed by atoms with van der Waals surface area (Å²) in [5.74, 6) is 0.711. The molecule has 0 radical (unpaired) electrons. The Hall–Kier alpha value is -1.63. The quantitative estimate of drug-likeness (QED) is 0.589. The lowest BCUT2D eigenvalue weighted by Gasteiger charge is -2.14. The molecule has 2 aromatic heterocycles. The van der Waals surface area contributed by atoms with Crippen molar-refractivity contribution in [1.29, 1.82) is 0 Å². The minimum Gasteiger partial charge on any atom is -0.301 e. The number of halogens is 2. The molecule has 124 valence electrons. The molecule has 0 N–H and O–H groups in total. The third-order valence-corrected chi connectivity index (χ3v) is 5.19. The van der Waals surface area contributed by atoms with Crippen LogP contribution < -0.4 is 0 Å². The maximum Gasteiger partial charge on any atom is 0.192 e. The molecule has 5 nitrogen and oxygen atoms in total. The molecule has 0 aliphatic rings. The maximum atomic E-state index is 6.31. The van der Waals surface area contributed by atoms with Crippen molar-refractivity contribution in [3.05, 3.63) is 52.4 Å². The lowest BCUT2D eigenvalue weighted by atomic mass is 10.2. The van der Waals surface area contributed by atoms with E-state index in [1.807, 2.05) is 23.6 Å². The molecule has 0 aliphatic heterocycles. The van der Waals surface area contributed by atoms with E-state index >= 15 is 0 Å². The van der Waals surface area contributed by atoms with Gasteiger partial charge in [-0.25, -0.2) is 4.98 Å². The van der Waals surface area contributed by atoms with Crippen LogP contribution in [-0.4, -0.2) is 24.7 Å². The van der Waals surface area contributed by atoms with E-state index < -0.39 is 0 Å². The standard InChI is InChI=1S/C16H15Cl2N5S/c1-3-23-15(14-9-19-6-7-20-14)21-22-16(23)24-10(2)12-5-4-11(17)8-13(12)18/h4-10H,3H2,1-2H3. The van der Waals surface area contributed by atoms with Crippen molar-refractivity contribution in [3.8, 4) is 11.5 Å². The van der Waals surface area contributed by atoms with Crippen molar-refractivity contribution in [3.63, 3.8) is 0 Å². The Morgan fingerprint density at radius 2 is 2.04 bits per heavy atom. The van der Waals surface area contributed by atoms with Gasteiger partial charge in [-0.05, 0) is 31.5 Å². The maximum absolute atomic E-state index is 6.31. The first-order valence-corrected chi connectivity index (χ1v) is 9.05. The number of nitrogens with zero attached hydrogens (tertiary/aromatic N) is 5. The zero-order chi connectivity index (χ0) is 17.1. The second-order valence-corrected chi connectivity index (χ2v) is 7.22. The fourth-order valence-electron chi connectivity index (χ4n) is 2.32. The van der Waals surface area contributed by atoms with Crippen LogP contribution in [0.15, 0.2) is 41.9 Å². The van der Waals surface area contributed by atoms with Crippen LogP contribution in [0.1, 0.15) is 24.7 Å². The van der Waals surface area contributed by atoms with E-state index in [2.05, 4.69) is 27.1 Å². The highest BCUT2D eigenvalue weighted by Gasteiger charge is 2.19. The highest BCUT2D eigenvalue weighted by atomic mass is 35.5. The first-order chi connectivity index (χ1) is 11.6. The molecule has 1 atom stereocenters. The van der Waals surface area contributed by atoms with E-state index in [0.717, 1.165) is 17.3 Å². The van der Waals surface area contributed by atoms with Crippen LogP contribution >= 0.6 is 35.0 Å². The topological polar surface area (TPSA) is 56.5 Å². The zero-order valence-electron chi connectivity index (χ0n) is 13.1. The second kappa shape index (κ2) is 7.51. The number of hydrogen-bond acceptors (Lipinski definition) is 5. The molecule has 2 heterocycles. The molecular formula is C16H15Cl2N5S. The Morgan fingerprint density at radius 3 is 2.71 bits per heavy atom. The summed E-state index contributed by atoms with van der Waals surface area (Å²) in [5, 5.41) is 10.8. The van der Waals surface area contributed by atoms with Crippen molar-refractivity contribution in [2.45, 2.75) is 30.8 Å². The molecular weight excluding hydrogens is 365 g/mol. The minimum atomic E-state index is 0.110. The smallest absolute Gasteiger partial charge is 0.192 e. The van der Waals surface area contributed by atoms with E-state index in [0.29, 0.717) is 21.6 Å². The van der Waals surface area contributed by atoms with Gasteiger partial charge in [-0.3, -0.25) is 4.98 Å². The molecule has 1 unspecified atom stereocenters. The van der Waals surface area contributed by atoms with E-state index in [1.54, 1.807) is 36.4 Å². The highest BCUT2D eigenvalue weighted by Crippen LogP contribution is 2.38. The number of benzene rings is 1. The number of hydrogen-bond donors (Lipinski definition) is 0. The van der Waals surface area contributed by atoms with Crippen LogP contribution in [0.25, 0.3) is 11.5 Å². The molecule has 0 spiro atoms. The van der Waals surface area contributed by atoms with Gasteiger partial charge in [-0.15, -0.1) is 10.2 Å². The average Bonchev–Trinajstić information content (AvgIpc) is 2.98. The van der Waals surface area contributed by atoms with Crippen molar-refractivity contribution in [2.75, 3.05) is 0 Å². The third-order valence-electron chi connectivity index (χ3n) is 3.51. The normalized spacial score (nSPS) is 12.3. The summed E-state index contributed by atoms with van der Waals surface area (Å²) in [4.78, 5) is 8.39. The highest BCUT2D eigenvalue weighted by molar-refractivity contribution is 7.99. The van der Waals surface area contributed by atoms with Gasteiger partial charge in [0.05, 0.1) is 6.20 Å². The number of aromatic nitrogens is 5. The average molecular weight is 380 g/mol. The zero-order valence-corrected chi connectivity index (χ0v) is 15.5. The monoisotopic (exact) mass is 379 g/mol. The molecule has 0 saturated carbocycles. The van der Waals surface area contributed by atoms with Gasteiger partial charge >= 0.3 is 0 Å². The van der Waals surface area contributed by atoms with Gasteiger partial charge in [-0.1, -0.05) is 41.0 Å². The van der Waals surface area contributed by atoms with Gasteiger partial charge in [-0.2, -0.15) is 0 Å². The summed E-state index contributed by atoms with van der Waals surface area (Å²) in [5.41, 5.74) is 1.72. The van der Waals surface area contributed by atoms with Gasteiger partial charge < -0.3 is 4.57 Å². The fourth-order valence-corrected chi connectivity index (χ4v) is 4.03. The summed E-state index contributed by atoms with van der Waals surface area (Å²) in [6.07, 6.45) is 4.97. The Labute approximate surface area is 154 Å². The molecule has 0 amide bonds. The van der Waals surface area contributed by atoms with E-state index in [4.69, 9.17) is 23.2 Å². The summed E-state index contributed by atoms with van der Waals surface area (Å²) in [6, 6.07) is 5.54. The lowest BCUT2D eigenvalue weighted by Crippen LogP contribution is -2.02.